The van der Waals surface area contributed by atoms with Crippen molar-refractivity contribution in [3.8, 4) is 0 Å². The molecular weight excluding hydrogens is 182 g/mol. The van der Waals surface area contributed by atoms with Gasteiger partial charge in [0, 0.05) is 12.0 Å². The molecule has 1 unspecified atom stereocenters. The highest BCUT2D eigenvalue weighted by Gasteiger charge is 2.13. The Morgan fingerprint density at radius 1 is 1.79 bits per heavy atom. The summed E-state index contributed by atoms with van der Waals surface area (Å²) >= 11 is 0. The van der Waals surface area contributed by atoms with Crippen LogP contribution in [0.2, 0.25) is 0 Å². The highest BCUT2D eigenvalue weighted by molar-refractivity contribution is 5.91. The highest BCUT2D eigenvalue weighted by Crippen LogP contribution is 2.09. The predicted molar refractivity (Wildman–Crippen MR) is 52.6 cm³/mol. The van der Waals surface area contributed by atoms with Crippen LogP contribution < -0.4 is 11.1 Å². The molecule has 1 aromatic heterocycles. The van der Waals surface area contributed by atoms with Crippen LogP contribution in [0.15, 0.2) is 16.9 Å². The first kappa shape index (κ1) is 10.7. The summed E-state index contributed by atoms with van der Waals surface area (Å²) in [5.74, 6) is 0.359. The van der Waals surface area contributed by atoms with Crippen LogP contribution in [0.5, 0.6) is 0 Å². The van der Waals surface area contributed by atoms with Gasteiger partial charge in [0.15, 0.2) is 5.82 Å². The summed E-state index contributed by atoms with van der Waals surface area (Å²) in [6.07, 6.45) is 3.06. The van der Waals surface area contributed by atoms with Crippen LogP contribution in [0.4, 0.5) is 5.82 Å². The molecule has 0 bridgehead atoms. The molecule has 0 fully saturated rings. The molecule has 0 saturated carbocycles. The van der Waals surface area contributed by atoms with Crippen molar-refractivity contribution in [2.75, 3.05) is 11.9 Å². The molecule has 1 amide bonds. The maximum absolute atomic E-state index is 11.5. The fourth-order valence-corrected chi connectivity index (χ4v) is 1.08. The molecule has 0 aromatic carbocycles. The molecule has 0 aliphatic rings. The Balaban J connectivity index is 2.34. The average molecular weight is 197 g/mol. The van der Waals surface area contributed by atoms with Crippen LogP contribution in [-0.4, -0.2) is 17.6 Å². The van der Waals surface area contributed by atoms with E-state index >= 15 is 0 Å². The van der Waals surface area contributed by atoms with Crippen LogP contribution >= 0.6 is 0 Å². The van der Waals surface area contributed by atoms with Gasteiger partial charge in [-0.05, 0) is 19.4 Å². The molecule has 0 spiro atoms. The number of rotatable bonds is 5. The van der Waals surface area contributed by atoms with E-state index in [-0.39, 0.29) is 11.8 Å². The van der Waals surface area contributed by atoms with E-state index in [9.17, 15) is 4.79 Å². The summed E-state index contributed by atoms with van der Waals surface area (Å²) in [6, 6.07) is 1.60. The van der Waals surface area contributed by atoms with Gasteiger partial charge in [0.25, 0.3) is 0 Å². The lowest BCUT2D eigenvalue weighted by Gasteiger charge is -2.08. The number of hydrogen-bond donors (Lipinski definition) is 2. The van der Waals surface area contributed by atoms with Crippen LogP contribution in [0, 0.1) is 5.92 Å². The van der Waals surface area contributed by atoms with Crippen LogP contribution in [0.3, 0.4) is 0 Å². The van der Waals surface area contributed by atoms with E-state index in [2.05, 4.69) is 15.0 Å². The number of aromatic nitrogens is 1. The zero-order valence-electron chi connectivity index (χ0n) is 8.19. The van der Waals surface area contributed by atoms with Gasteiger partial charge in [-0.2, -0.15) is 0 Å². The standard InChI is InChI=1S/C9H15N3O2/c1-7(3-2-5-10)9(13)11-8-4-6-14-12-8/h4,6-7H,2-3,5,10H2,1H3,(H,11,12,13). The number of hydrogen-bond acceptors (Lipinski definition) is 4. The van der Waals surface area contributed by atoms with Crippen molar-refractivity contribution in [2.24, 2.45) is 11.7 Å². The smallest absolute Gasteiger partial charge is 0.228 e. The first-order chi connectivity index (χ1) is 6.74. The quantitative estimate of drug-likeness (QED) is 0.737. The third-order valence-corrected chi connectivity index (χ3v) is 1.98. The minimum atomic E-state index is -0.0487. The largest absolute Gasteiger partial charge is 0.363 e. The van der Waals surface area contributed by atoms with Gasteiger partial charge in [-0.3, -0.25) is 4.79 Å². The monoisotopic (exact) mass is 197 g/mol. The Morgan fingerprint density at radius 3 is 3.14 bits per heavy atom. The molecule has 1 atom stereocenters. The van der Waals surface area contributed by atoms with Crippen molar-refractivity contribution in [1.82, 2.24) is 5.16 Å². The maximum atomic E-state index is 11.5. The number of anilines is 1. The molecule has 1 aromatic rings. The van der Waals surface area contributed by atoms with Crippen molar-refractivity contribution < 1.29 is 9.32 Å². The number of nitrogens with two attached hydrogens (primary N) is 1. The van der Waals surface area contributed by atoms with E-state index in [4.69, 9.17) is 5.73 Å². The topological polar surface area (TPSA) is 81.2 Å². The second-order valence-corrected chi connectivity index (χ2v) is 3.21. The van der Waals surface area contributed by atoms with Crippen LogP contribution in [0.25, 0.3) is 0 Å². The van der Waals surface area contributed by atoms with E-state index in [0.717, 1.165) is 12.8 Å². The number of nitrogens with zero attached hydrogens (tertiary/aromatic N) is 1. The van der Waals surface area contributed by atoms with Crippen LogP contribution in [-0.2, 0) is 4.79 Å². The molecule has 14 heavy (non-hydrogen) atoms. The SMILES string of the molecule is CC(CCCN)C(=O)Nc1ccon1. The number of nitrogens with one attached hydrogen (secondary N) is 1. The summed E-state index contributed by atoms with van der Waals surface area (Å²) in [4.78, 5) is 11.5. The van der Waals surface area contributed by atoms with Gasteiger partial charge in [0.1, 0.15) is 6.26 Å². The number of carbonyl (C=O) groups excluding carboxylic acids is 1. The summed E-state index contributed by atoms with van der Waals surface area (Å²) in [6.45, 7) is 2.48. The molecule has 5 heteroatoms. The first-order valence-corrected chi connectivity index (χ1v) is 4.65. The molecule has 78 valence electrons. The summed E-state index contributed by atoms with van der Waals surface area (Å²) in [7, 11) is 0. The third kappa shape index (κ3) is 3.18. The van der Waals surface area contributed by atoms with E-state index in [1.54, 1.807) is 6.07 Å². The highest BCUT2D eigenvalue weighted by atomic mass is 16.5. The third-order valence-electron chi connectivity index (χ3n) is 1.98. The molecule has 5 nitrogen and oxygen atoms in total. The molecular formula is C9H15N3O2. The molecule has 0 aliphatic heterocycles. The van der Waals surface area contributed by atoms with Crippen molar-refractivity contribution >= 4 is 11.7 Å². The van der Waals surface area contributed by atoms with Gasteiger partial charge >= 0.3 is 0 Å². The molecule has 1 rings (SSSR count). The zero-order valence-corrected chi connectivity index (χ0v) is 8.19. The van der Waals surface area contributed by atoms with Gasteiger partial charge in [0.2, 0.25) is 5.91 Å². The predicted octanol–water partition coefficient (Wildman–Crippen LogP) is 0.988. The Kier molecular flexibility index (Phi) is 4.12. The molecule has 0 saturated heterocycles. The van der Waals surface area contributed by atoms with E-state index in [1.807, 2.05) is 6.92 Å². The van der Waals surface area contributed by atoms with Gasteiger partial charge in [0.05, 0.1) is 0 Å². The van der Waals surface area contributed by atoms with Crippen molar-refractivity contribution in [3.63, 3.8) is 0 Å². The lowest BCUT2D eigenvalue weighted by atomic mass is 10.1. The average Bonchev–Trinajstić information content (AvgIpc) is 2.66. The van der Waals surface area contributed by atoms with Crippen molar-refractivity contribution in [3.05, 3.63) is 12.3 Å². The number of carbonyl (C=O) groups is 1. The Bertz CT molecular complexity index is 272. The Hall–Kier alpha value is -1.36. The minimum absolute atomic E-state index is 0.0461. The van der Waals surface area contributed by atoms with Gasteiger partial charge in [-0.25, -0.2) is 0 Å². The lowest BCUT2D eigenvalue weighted by molar-refractivity contribution is -0.119. The van der Waals surface area contributed by atoms with E-state index in [0.29, 0.717) is 12.4 Å². The Morgan fingerprint density at radius 2 is 2.57 bits per heavy atom. The normalized spacial score (nSPS) is 12.4. The molecule has 0 radical (unpaired) electrons. The van der Waals surface area contributed by atoms with Gasteiger partial charge in [-0.1, -0.05) is 12.1 Å². The number of amides is 1. The van der Waals surface area contributed by atoms with Gasteiger partial charge < -0.3 is 15.6 Å². The Labute approximate surface area is 82.6 Å². The van der Waals surface area contributed by atoms with E-state index < -0.39 is 0 Å². The fourth-order valence-electron chi connectivity index (χ4n) is 1.08. The maximum Gasteiger partial charge on any atom is 0.228 e. The van der Waals surface area contributed by atoms with E-state index in [1.165, 1.54) is 6.26 Å². The first-order valence-electron chi connectivity index (χ1n) is 4.65. The molecule has 1 heterocycles. The van der Waals surface area contributed by atoms with Gasteiger partial charge in [-0.15, -0.1) is 0 Å². The fraction of sp³-hybridized carbons (Fsp3) is 0.556. The van der Waals surface area contributed by atoms with Crippen LogP contribution in [0.1, 0.15) is 19.8 Å². The zero-order chi connectivity index (χ0) is 10.4. The lowest BCUT2D eigenvalue weighted by Crippen LogP contribution is -2.21. The van der Waals surface area contributed by atoms with Crippen molar-refractivity contribution in [1.29, 1.82) is 0 Å². The summed E-state index contributed by atoms with van der Waals surface area (Å²) < 4.78 is 4.59. The molecule has 3 N–H and O–H groups in total. The summed E-state index contributed by atoms with van der Waals surface area (Å²) in [5.41, 5.74) is 5.35. The second-order valence-electron chi connectivity index (χ2n) is 3.21. The minimum Gasteiger partial charge on any atom is -0.363 e. The summed E-state index contributed by atoms with van der Waals surface area (Å²) in [5, 5.41) is 6.23. The second kappa shape index (κ2) is 5.39. The molecule has 0 aliphatic carbocycles. The van der Waals surface area contributed by atoms with Crippen molar-refractivity contribution in [2.45, 2.75) is 19.8 Å².